The van der Waals surface area contributed by atoms with Crippen LogP contribution in [0.1, 0.15) is 115 Å². The summed E-state index contributed by atoms with van der Waals surface area (Å²) >= 11 is 0. The number of likely N-dealkylation sites (N-methyl/N-ethyl adjacent to an activating group) is 1. The van der Waals surface area contributed by atoms with Gasteiger partial charge in [0.25, 0.3) is 0 Å². The molecule has 0 saturated carbocycles. The maximum atomic E-state index is 12.1. The van der Waals surface area contributed by atoms with Crippen LogP contribution < -0.4 is 5.32 Å². The molecule has 0 fully saturated rings. The van der Waals surface area contributed by atoms with E-state index in [1.807, 2.05) is 0 Å². The third-order valence-corrected chi connectivity index (χ3v) is 4.85. The van der Waals surface area contributed by atoms with Crippen LogP contribution in [0, 0.1) is 5.41 Å². The van der Waals surface area contributed by atoms with E-state index in [0.29, 0.717) is 11.3 Å². The minimum absolute atomic E-state index is 0. The van der Waals surface area contributed by atoms with Crippen LogP contribution in [0.4, 0.5) is 0 Å². The number of hydrogen-bond donors (Lipinski definition) is 2. The molecule has 2 N–H and O–H groups in total. The number of carbonyl (C=O) groups excluding carboxylic acids is 2. The molecule has 0 aliphatic rings. The first-order valence-electron chi connectivity index (χ1n) is 13.6. The Balaban J connectivity index is 0. The number of hydrogen-bond acceptors (Lipinski definition) is 4. The average molecular weight is 477 g/mol. The standard InChI is InChI=1S/C25H47N3O3.ClH/c1-5-6-7-8-9-10-11-12-13-14-15-16-17-18-19-20-23(29)27-25(26)28(4)21-24(30)31-22(2)3;/h12-13,22H,5-11,14-21H2,1-4H3,(H2,26,27,29);1H/b13-12-;/i4D3;. The first-order valence-corrected chi connectivity index (χ1v) is 12.1. The van der Waals surface area contributed by atoms with Gasteiger partial charge in [-0.2, -0.15) is 0 Å². The monoisotopic (exact) mass is 476 g/mol. The Hall–Kier alpha value is -1.56. The van der Waals surface area contributed by atoms with Crippen molar-refractivity contribution in [3.05, 3.63) is 12.2 Å². The van der Waals surface area contributed by atoms with Crippen molar-refractivity contribution in [1.29, 1.82) is 5.41 Å². The van der Waals surface area contributed by atoms with Crippen molar-refractivity contribution in [2.75, 3.05) is 13.5 Å². The molecule has 0 heterocycles. The van der Waals surface area contributed by atoms with Crippen LogP contribution >= 0.6 is 12.4 Å². The molecular weight excluding hydrogens is 426 g/mol. The Kier molecular flexibility index (Phi) is 18.9. The van der Waals surface area contributed by atoms with Crippen molar-refractivity contribution in [3.63, 3.8) is 0 Å². The number of amides is 1. The van der Waals surface area contributed by atoms with E-state index in [4.69, 9.17) is 14.3 Å². The number of esters is 1. The molecule has 0 spiro atoms. The molecule has 1 amide bonds. The second-order valence-corrected chi connectivity index (χ2v) is 8.36. The molecule has 6 nitrogen and oxygen atoms in total. The van der Waals surface area contributed by atoms with Gasteiger partial charge in [-0.25, -0.2) is 0 Å². The summed E-state index contributed by atoms with van der Waals surface area (Å²) in [5.41, 5.74) is 0. The molecular formula is C25H48ClN3O3. The lowest BCUT2D eigenvalue weighted by Gasteiger charge is -2.20. The summed E-state index contributed by atoms with van der Waals surface area (Å²) < 4.78 is 27.5. The lowest BCUT2D eigenvalue weighted by molar-refractivity contribution is -0.147. The number of carbonyl (C=O) groups is 2. The van der Waals surface area contributed by atoms with Gasteiger partial charge < -0.3 is 9.64 Å². The molecule has 0 aliphatic carbocycles. The highest BCUT2D eigenvalue weighted by molar-refractivity contribution is 5.96. The Morgan fingerprint density at radius 1 is 0.969 bits per heavy atom. The van der Waals surface area contributed by atoms with Gasteiger partial charge in [0.05, 0.1) is 6.10 Å². The SMILES string of the molecule is Cl.[2H]C([2H])([2H])N(CC(=O)OC(C)C)C(=N)NC(=O)CCCCCCC/C=C\CCCCCCCC. The van der Waals surface area contributed by atoms with Crippen LogP contribution in [-0.4, -0.2) is 42.4 Å². The van der Waals surface area contributed by atoms with E-state index in [1.165, 1.54) is 44.9 Å². The minimum atomic E-state index is -2.73. The number of ether oxygens (including phenoxy) is 1. The van der Waals surface area contributed by atoms with Crippen molar-refractivity contribution in [3.8, 4) is 0 Å². The van der Waals surface area contributed by atoms with Gasteiger partial charge in [0.15, 0.2) is 5.96 Å². The van der Waals surface area contributed by atoms with E-state index in [-0.39, 0.29) is 18.8 Å². The molecule has 0 unspecified atom stereocenters. The minimum Gasteiger partial charge on any atom is -0.462 e. The first kappa shape index (κ1) is 26.7. The molecule has 0 rings (SSSR count). The number of rotatable bonds is 18. The highest BCUT2D eigenvalue weighted by Gasteiger charge is 2.14. The molecule has 7 heteroatoms. The Morgan fingerprint density at radius 3 is 2.03 bits per heavy atom. The summed E-state index contributed by atoms with van der Waals surface area (Å²) in [5.74, 6) is -1.80. The maximum absolute atomic E-state index is 12.1. The molecule has 0 radical (unpaired) electrons. The van der Waals surface area contributed by atoms with E-state index < -0.39 is 37.5 Å². The molecule has 0 aromatic heterocycles. The van der Waals surface area contributed by atoms with Crippen LogP contribution in [0.15, 0.2) is 12.2 Å². The van der Waals surface area contributed by atoms with E-state index in [9.17, 15) is 9.59 Å². The quantitative estimate of drug-likeness (QED) is 0.0790. The summed E-state index contributed by atoms with van der Waals surface area (Å²) in [7, 11) is 0. The zero-order valence-electron chi connectivity index (χ0n) is 23.4. The fourth-order valence-corrected chi connectivity index (χ4v) is 3.13. The number of unbranched alkanes of at least 4 members (excludes halogenated alkanes) is 11. The average Bonchev–Trinajstić information content (AvgIpc) is 2.73. The van der Waals surface area contributed by atoms with Crippen LogP contribution in [0.5, 0.6) is 0 Å². The van der Waals surface area contributed by atoms with Gasteiger partial charge in [0.1, 0.15) is 6.54 Å². The van der Waals surface area contributed by atoms with Crippen molar-refractivity contribution < 1.29 is 18.4 Å². The van der Waals surface area contributed by atoms with Crippen molar-refractivity contribution in [2.45, 2.75) is 117 Å². The molecule has 0 bridgehead atoms. The van der Waals surface area contributed by atoms with Gasteiger partial charge >= 0.3 is 5.97 Å². The Bertz CT molecular complexity index is 614. The summed E-state index contributed by atoms with van der Waals surface area (Å²) in [6.45, 7) is 2.18. The predicted octanol–water partition coefficient (Wildman–Crippen LogP) is 6.38. The summed E-state index contributed by atoms with van der Waals surface area (Å²) in [4.78, 5) is 24.5. The van der Waals surface area contributed by atoms with Gasteiger partial charge in [0.2, 0.25) is 5.91 Å². The molecule has 0 atom stereocenters. The third-order valence-electron chi connectivity index (χ3n) is 4.85. The number of guanidine groups is 1. The maximum Gasteiger partial charge on any atom is 0.325 e. The van der Waals surface area contributed by atoms with Crippen molar-refractivity contribution in [1.82, 2.24) is 10.2 Å². The molecule has 0 aromatic carbocycles. The smallest absolute Gasteiger partial charge is 0.325 e. The van der Waals surface area contributed by atoms with Gasteiger partial charge in [-0.15, -0.1) is 12.4 Å². The highest BCUT2D eigenvalue weighted by Crippen LogP contribution is 2.10. The first-order chi connectivity index (χ1) is 16.1. The van der Waals surface area contributed by atoms with Gasteiger partial charge in [0, 0.05) is 17.5 Å². The van der Waals surface area contributed by atoms with Crippen LogP contribution in [0.2, 0.25) is 0 Å². The molecule has 0 saturated heterocycles. The lowest BCUT2D eigenvalue weighted by atomic mass is 10.1. The zero-order valence-corrected chi connectivity index (χ0v) is 21.2. The summed E-state index contributed by atoms with van der Waals surface area (Å²) in [6.07, 6.45) is 19.5. The van der Waals surface area contributed by atoms with E-state index in [1.54, 1.807) is 13.8 Å². The number of halogens is 1. The number of allylic oxidation sites excluding steroid dienone is 2. The van der Waals surface area contributed by atoms with E-state index in [0.717, 1.165) is 32.1 Å². The molecule has 0 aliphatic heterocycles. The van der Waals surface area contributed by atoms with Crippen molar-refractivity contribution >= 4 is 30.2 Å². The molecule has 188 valence electrons. The van der Waals surface area contributed by atoms with Crippen LogP contribution in [0.3, 0.4) is 0 Å². The third kappa shape index (κ3) is 21.7. The summed E-state index contributed by atoms with van der Waals surface area (Å²) in [6, 6.07) is 0. The highest BCUT2D eigenvalue weighted by atomic mass is 35.5. The predicted molar refractivity (Wildman–Crippen MR) is 136 cm³/mol. The van der Waals surface area contributed by atoms with E-state index >= 15 is 0 Å². The molecule has 32 heavy (non-hydrogen) atoms. The second kappa shape index (κ2) is 22.6. The fourth-order valence-electron chi connectivity index (χ4n) is 3.13. The van der Waals surface area contributed by atoms with Gasteiger partial charge in [-0.05, 0) is 46.0 Å². The normalized spacial score (nSPS) is 12.6. The Morgan fingerprint density at radius 2 is 1.50 bits per heavy atom. The number of nitrogens with one attached hydrogen (secondary N) is 2. The Labute approximate surface area is 207 Å². The zero-order chi connectivity index (χ0) is 25.8. The topological polar surface area (TPSA) is 82.5 Å². The largest absolute Gasteiger partial charge is 0.462 e. The summed E-state index contributed by atoms with van der Waals surface area (Å²) in [5, 5.41) is 10.2. The lowest BCUT2D eigenvalue weighted by Crippen LogP contribution is -2.44. The second-order valence-electron chi connectivity index (χ2n) is 8.36. The van der Waals surface area contributed by atoms with Gasteiger partial charge in [-0.3, -0.25) is 20.3 Å². The van der Waals surface area contributed by atoms with Gasteiger partial charge in [-0.1, -0.05) is 70.4 Å². The van der Waals surface area contributed by atoms with Crippen molar-refractivity contribution in [2.24, 2.45) is 0 Å². The van der Waals surface area contributed by atoms with Crippen LogP contribution in [0.25, 0.3) is 0 Å². The fraction of sp³-hybridized carbons (Fsp3) is 0.800. The van der Waals surface area contributed by atoms with E-state index in [2.05, 4.69) is 24.4 Å². The van der Waals surface area contributed by atoms with Crippen LogP contribution in [-0.2, 0) is 14.3 Å². The number of nitrogens with zero attached hydrogens (tertiary/aromatic N) is 1. The molecule has 0 aromatic rings.